The molecule has 0 spiro atoms. The van der Waals surface area contributed by atoms with E-state index in [9.17, 15) is 23.1 Å². The molecule has 0 bridgehead atoms. The Morgan fingerprint density at radius 1 is 1.42 bits per heavy atom. The van der Waals surface area contributed by atoms with Crippen molar-refractivity contribution < 1.29 is 27.8 Å². The number of halogens is 3. The molecule has 2 saturated heterocycles. The summed E-state index contributed by atoms with van der Waals surface area (Å²) in [6.07, 6.45) is -3.16. The van der Waals surface area contributed by atoms with Crippen LogP contribution in [0.15, 0.2) is 18.3 Å². The van der Waals surface area contributed by atoms with E-state index in [-0.39, 0.29) is 37.4 Å². The van der Waals surface area contributed by atoms with Crippen LogP contribution >= 0.6 is 0 Å². The summed E-state index contributed by atoms with van der Waals surface area (Å²) in [6.45, 7) is 3.27. The molecule has 0 aromatic carbocycles. The average molecular weight is 373 g/mol. The Kier molecular flexibility index (Phi) is 5.12. The number of aliphatic hydroxyl groups excluding tert-OH is 1. The van der Waals surface area contributed by atoms with Crippen molar-refractivity contribution in [2.24, 2.45) is 11.3 Å². The monoisotopic (exact) mass is 373 g/mol. The van der Waals surface area contributed by atoms with E-state index in [1.54, 1.807) is 16.7 Å². The second kappa shape index (κ2) is 7.03. The molecule has 2 atom stereocenters. The Morgan fingerprint density at radius 2 is 2.19 bits per heavy atom. The van der Waals surface area contributed by atoms with Crippen LogP contribution in [-0.4, -0.2) is 66.9 Å². The number of pyridine rings is 1. The first kappa shape index (κ1) is 18.9. The van der Waals surface area contributed by atoms with Gasteiger partial charge < -0.3 is 19.6 Å². The van der Waals surface area contributed by atoms with Gasteiger partial charge in [-0.25, -0.2) is 4.98 Å². The zero-order chi connectivity index (χ0) is 18.9. The number of aliphatic hydroxyl groups is 1. The lowest BCUT2D eigenvalue weighted by Gasteiger charge is -2.28. The van der Waals surface area contributed by atoms with Crippen molar-refractivity contribution >= 4 is 11.7 Å². The van der Waals surface area contributed by atoms with Gasteiger partial charge in [-0.05, 0) is 19.1 Å². The van der Waals surface area contributed by atoms with Crippen LogP contribution in [-0.2, 0) is 15.7 Å². The Morgan fingerprint density at radius 3 is 2.81 bits per heavy atom. The van der Waals surface area contributed by atoms with Gasteiger partial charge in [-0.1, -0.05) is 0 Å². The first-order valence-electron chi connectivity index (χ1n) is 8.54. The molecule has 0 radical (unpaired) electrons. The van der Waals surface area contributed by atoms with Gasteiger partial charge in [0.15, 0.2) is 0 Å². The number of anilines is 1. The van der Waals surface area contributed by atoms with E-state index in [1.807, 2.05) is 0 Å². The molecule has 0 unspecified atom stereocenters. The molecule has 0 saturated carbocycles. The minimum Gasteiger partial charge on any atom is -0.396 e. The summed E-state index contributed by atoms with van der Waals surface area (Å²) >= 11 is 0. The van der Waals surface area contributed by atoms with Crippen LogP contribution in [0.25, 0.3) is 0 Å². The highest BCUT2D eigenvalue weighted by atomic mass is 19.4. The normalized spacial score (nSPS) is 25.7. The molecule has 26 heavy (non-hydrogen) atoms. The maximum atomic E-state index is 13.3. The molecule has 2 fully saturated rings. The van der Waals surface area contributed by atoms with Gasteiger partial charge in [-0.15, -0.1) is 0 Å². The summed E-state index contributed by atoms with van der Waals surface area (Å²) in [7, 11) is 0. The number of hydrogen-bond acceptors (Lipinski definition) is 5. The highest BCUT2D eigenvalue weighted by molar-refractivity contribution is 5.78. The van der Waals surface area contributed by atoms with Crippen LogP contribution in [0.5, 0.6) is 0 Å². The Labute approximate surface area is 149 Å². The number of rotatable bonds is 5. The summed E-state index contributed by atoms with van der Waals surface area (Å²) in [5.74, 6) is -0.384. The smallest absolute Gasteiger partial charge is 0.396 e. The summed E-state index contributed by atoms with van der Waals surface area (Å²) in [5.41, 5.74) is -1.42. The summed E-state index contributed by atoms with van der Waals surface area (Å²) in [6, 6.07) is 2.28. The number of carbonyl (C=O) groups is 1. The van der Waals surface area contributed by atoms with Gasteiger partial charge >= 0.3 is 6.18 Å². The van der Waals surface area contributed by atoms with E-state index in [1.165, 1.54) is 12.3 Å². The summed E-state index contributed by atoms with van der Waals surface area (Å²) < 4.78 is 45.0. The third-order valence-corrected chi connectivity index (χ3v) is 5.25. The van der Waals surface area contributed by atoms with Crippen molar-refractivity contribution in [3.05, 3.63) is 23.9 Å². The van der Waals surface area contributed by atoms with Gasteiger partial charge in [0.2, 0.25) is 5.91 Å². The third kappa shape index (κ3) is 3.37. The number of hydrogen-bond donors (Lipinski definition) is 1. The first-order chi connectivity index (χ1) is 12.3. The number of nitrogens with zero attached hydrogens (tertiary/aromatic N) is 3. The fraction of sp³-hybridized carbons (Fsp3) is 0.647. The number of ether oxygens (including phenoxy) is 1. The van der Waals surface area contributed by atoms with E-state index in [0.717, 1.165) is 6.07 Å². The highest BCUT2D eigenvalue weighted by Gasteiger charge is 2.54. The predicted octanol–water partition coefficient (Wildman–Crippen LogP) is 1.39. The second-order valence-electron chi connectivity index (χ2n) is 6.88. The van der Waals surface area contributed by atoms with Gasteiger partial charge in [0, 0.05) is 50.3 Å². The molecule has 1 aromatic rings. The molecule has 0 aliphatic carbocycles. The first-order valence-corrected chi connectivity index (χ1v) is 8.54. The fourth-order valence-electron chi connectivity index (χ4n) is 3.91. The molecule has 1 N–H and O–H groups in total. The van der Waals surface area contributed by atoms with Gasteiger partial charge in [0.05, 0.1) is 12.2 Å². The lowest BCUT2D eigenvalue weighted by molar-refractivity contribution is -0.137. The van der Waals surface area contributed by atoms with E-state index >= 15 is 0 Å². The maximum Gasteiger partial charge on any atom is 0.419 e. The number of aromatic nitrogens is 1. The molecular formula is C17H22F3N3O3. The van der Waals surface area contributed by atoms with Crippen molar-refractivity contribution in [3.8, 4) is 0 Å². The van der Waals surface area contributed by atoms with Crippen LogP contribution in [0.3, 0.4) is 0 Å². The minimum absolute atomic E-state index is 0.0209. The zero-order valence-electron chi connectivity index (χ0n) is 14.5. The Balaban J connectivity index is 1.78. The molecule has 2 aliphatic rings. The molecule has 1 amide bonds. The van der Waals surface area contributed by atoms with Gasteiger partial charge in [0.25, 0.3) is 0 Å². The minimum atomic E-state index is -4.49. The van der Waals surface area contributed by atoms with E-state index in [0.29, 0.717) is 26.2 Å². The molecule has 6 nitrogen and oxygen atoms in total. The van der Waals surface area contributed by atoms with Crippen LogP contribution in [0.4, 0.5) is 19.0 Å². The predicted molar refractivity (Wildman–Crippen MR) is 87.5 cm³/mol. The quantitative estimate of drug-likeness (QED) is 0.845. The van der Waals surface area contributed by atoms with Crippen LogP contribution in [0.1, 0.15) is 12.5 Å². The SMILES string of the molecule is CCOCC(=O)N1C[C@@H]2CN(c3ncccc3C(F)(F)F)C[C@]2(CO)C1. The van der Waals surface area contributed by atoms with Crippen molar-refractivity contribution in [1.29, 1.82) is 0 Å². The second-order valence-corrected chi connectivity index (χ2v) is 6.88. The largest absolute Gasteiger partial charge is 0.419 e. The van der Waals surface area contributed by atoms with Crippen LogP contribution in [0.2, 0.25) is 0 Å². The lowest BCUT2D eigenvalue weighted by atomic mass is 9.82. The van der Waals surface area contributed by atoms with E-state index in [4.69, 9.17) is 4.74 Å². The molecule has 2 aliphatic heterocycles. The average Bonchev–Trinajstić information content (AvgIpc) is 3.13. The Bertz CT molecular complexity index is 670. The number of amides is 1. The molecule has 144 valence electrons. The molecule has 9 heteroatoms. The van der Waals surface area contributed by atoms with E-state index in [2.05, 4.69) is 4.98 Å². The Hall–Kier alpha value is -1.87. The number of alkyl halides is 3. The molecule has 3 heterocycles. The van der Waals surface area contributed by atoms with Crippen LogP contribution in [0, 0.1) is 11.3 Å². The number of likely N-dealkylation sites (tertiary alicyclic amines) is 1. The lowest BCUT2D eigenvalue weighted by Crippen LogP contribution is -2.40. The van der Waals surface area contributed by atoms with E-state index < -0.39 is 17.2 Å². The van der Waals surface area contributed by atoms with Crippen molar-refractivity contribution in [2.45, 2.75) is 13.1 Å². The molecular weight excluding hydrogens is 351 g/mol. The molecule has 3 rings (SSSR count). The van der Waals surface area contributed by atoms with Crippen molar-refractivity contribution in [2.75, 3.05) is 50.9 Å². The summed E-state index contributed by atoms with van der Waals surface area (Å²) in [4.78, 5) is 19.3. The number of fused-ring (bicyclic) bond motifs is 1. The summed E-state index contributed by atoms with van der Waals surface area (Å²) in [5, 5.41) is 9.96. The fourth-order valence-corrected chi connectivity index (χ4v) is 3.91. The van der Waals surface area contributed by atoms with Gasteiger partial charge in [-0.2, -0.15) is 13.2 Å². The topological polar surface area (TPSA) is 65.9 Å². The van der Waals surface area contributed by atoms with Gasteiger partial charge in [0.1, 0.15) is 12.4 Å². The van der Waals surface area contributed by atoms with Crippen molar-refractivity contribution in [1.82, 2.24) is 9.88 Å². The van der Waals surface area contributed by atoms with Gasteiger partial charge in [-0.3, -0.25) is 4.79 Å². The zero-order valence-corrected chi connectivity index (χ0v) is 14.5. The third-order valence-electron chi connectivity index (χ3n) is 5.25. The standard InChI is InChI=1S/C17H22F3N3O3/c1-2-26-8-14(25)22-6-12-7-23(10-16(12,9-22)11-24)15-13(17(18,19)20)4-3-5-21-15/h3-5,12,24H,2,6-11H2,1H3/t12-,16+/m1/s1. The molecule has 1 aromatic heterocycles. The van der Waals surface area contributed by atoms with Crippen molar-refractivity contribution in [3.63, 3.8) is 0 Å². The number of carbonyl (C=O) groups excluding carboxylic acids is 1. The highest BCUT2D eigenvalue weighted by Crippen LogP contribution is 2.45. The van der Waals surface area contributed by atoms with Crippen LogP contribution < -0.4 is 4.90 Å². The maximum absolute atomic E-state index is 13.3.